The van der Waals surface area contributed by atoms with Crippen molar-refractivity contribution in [1.29, 1.82) is 0 Å². The molecule has 0 spiro atoms. The Labute approximate surface area is 95.2 Å². The molecule has 0 aromatic heterocycles. The van der Waals surface area contributed by atoms with Gasteiger partial charge in [-0.2, -0.15) is 0 Å². The molecule has 1 atom stereocenters. The van der Waals surface area contributed by atoms with Crippen molar-refractivity contribution in [2.24, 2.45) is 5.41 Å². The number of carboxylic acids is 1. The van der Waals surface area contributed by atoms with E-state index in [1.807, 2.05) is 20.8 Å². The summed E-state index contributed by atoms with van der Waals surface area (Å²) in [5.41, 5.74) is -1.37. The van der Waals surface area contributed by atoms with Crippen LogP contribution < -0.4 is 5.32 Å². The zero-order valence-electron chi connectivity index (χ0n) is 10.0. The molecule has 16 heavy (non-hydrogen) atoms. The lowest BCUT2D eigenvalue weighted by molar-refractivity contribution is -0.148. The number of rotatable bonds is 3. The summed E-state index contributed by atoms with van der Waals surface area (Å²) < 4.78 is 5.06. The van der Waals surface area contributed by atoms with E-state index in [1.54, 1.807) is 0 Å². The second kappa shape index (κ2) is 4.41. The molecule has 0 aliphatic carbocycles. The van der Waals surface area contributed by atoms with Gasteiger partial charge in [-0.15, -0.1) is 0 Å². The molecule has 1 fully saturated rings. The number of hydrogen-bond donors (Lipinski definition) is 2. The average molecular weight is 229 g/mol. The van der Waals surface area contributed by atoms with Crippen molar-refractivity contribution in [2.75, 3.05) is 13.2 Å². The van der Waals surface area contributed by atoms with E-state index >= 15 is 0 Å². The van der Waals surface area contributed by atoms with Crippen LogP contribution >= 0.6 is 0 Å². The number of aliphatic carboxylic acids is 1. The SMILES string of the molecule is CC(C)(C)CC(=O)NC1(C(=O)O)CCOC1. The number of carboxylic acid groups (broad SMARTS) is 1. The van der Waals surface area contributed by atoms with Gasteiger partial charge < -0.3 is 15.2 Å². The Morgan fingerprint density at radius 3 is 2.44 bits per heavy atom. The second-order valence-corrected chi connectivity index (χ2v) is 5.48. The Morgan fingerprint density at radius 1 is 1.44 bits per heavy atom. The highest BCUT2D eigenvalue weighted by atomic mass is 16.5. The van der Waals surface area contributed by atoms with Gasteiger partial charge in [0.25, 0.3) is 0 Å². The van der Waals surface area contributed by atoms with Crippen molar-refractivity contribution in [3.05, 3.63) is 0 Å². The minimum absolute atomic E-state index is 0.0538. The fraction of sp³-hybridized carbons (Fsp3) is 0.818. The van der Waals surface area contributed by atoms with Crippen LogP contribution in [0.5, 0.6) is 0 Å². The maximum absolute atomic E-state index is 11.7. The van der Waals surface area contributed by atoms with Gasteiger partial charge in [0.1, 0.15) is 0 Å². The number of carbonyl (C=O) groups is 2. The highest BCUT2D eigenvalue weighted by Crippen LogP contribution is 2.22. The molecule has 1 heterocycles. The lowest BCUT2D eigenvalue weighted by atomic mass is 9.90. The Balaban J connectivity index is 2.63. The molecule has 5 nitrogen and oxygen atoms in total. The summed E-state index contributed by atoms with van der Waals surface area (Å²) in [6.07, 6.45) is 0.639. The maximum Gasteiger partial charge on any atom is 0.331 e. The van der Waals surface area contributed by atoms with Gasteiger partial charge in [0, 0.05) is 19.4 Å². The van der Waals surface area contributed by atoms with Crippen LogP contribution in [-0.4, -0.2) is 35.7 Å². The Bertz CT molecular complexity index is 287. The average Bonchev–Trinajstić information content (AvgIpc) is 2.49. The van der Waals surface area contributed by atoms with Crippen molar-refractivity contribution < 1.29 is 19.4 Å². The highest BCUT2D eigenvalue weighted by Gasteiger charge is 2.44. The molecule has 92 valence electrons. The molecule has 2 N–H and O–H groups in total. The lowest BCUT2D eigenvalue weighted by Gasteiger charge is -2.26. The van der Waals surface area contributed by atoms with Gasteiger partial charge in [-0.1, -0.05) is 20.8 Å². The van der Waals surface area contributed by atoms with Crippen molar-refractivity contribution in [3.63, 3.8) is 0 Å². The fourth-order valence-electron chi connectivity index (χ4n) is 1.68. The van der Waals surface area contributed by atoms with Crippen LogP contribution in [0.4, 0.5) is 0 Å². The van der Waals surface area contributed by atoms with Gasteiger partial charge in [-0.25, -0.2) is 4.79 Å². The first-order valence-corrected chi connectivity index (χ1v) is 5.37. The molecule has 0 saturated carbocycles. The van der Waals surface area contributed by atoms with E-state index in [1.165, 1.54) is 0 Å². The van der Waals surface area contributed by atoms with Crippen LogP contribution in [0.3, 0.4) is 0 Å². The van der Waals surface area contributed by atoms with E-state index in [2.05, 4.69) is 5.32 Å². The van der Waals surface area contributed by atoms with E-state index in [9.17, 15) is 9.59 Å². The molecule has 0 aromatic carbocycles. The maximum atomic E-state index is 11.7. The van der Waals surface area contributed by atoms with Crippen LogP contribution in [0.1, 0.15) is 33.6 Å². The molecular weight excluding hydrogens is 210 g/mol. The van der Waals surface area contributed by atoms with Crippen molar-refractivity contribution in [2.45, 2.75) is 39.2 Å². The van der Waals surface area contributed by atoms with Crippen molar-refractivity contribution >= 4 is 11.9 Å². The predicted molar refractivity (Wildman–Crippen MR) is 58.0 cm³/mol. The summed E-state index contributed by atoms with van der Waals surface area (Å²) in [5, 5.41) is 11.7. The molecule has 1 unspecified atom stereocenters. The molecule has 1 aliphatic rings. The van der Waals surface area contributed by atoms with Gasteiger partial charge >= 0.3 is 5.97 Å². The minimum atomic E-state index is -1.22. The summed E-state index contributed by atoms with van der Waals surface area (Å²) in [6, 6.07) is 0. The van der Waals surface area contributed by atoms with E-state index in [4.69, 9.17) is 9.84 Å². The summed E-state index contributed by atoms with van der Waals surface area (Å²) in [6.45, 7) is 6.24. The monoisotopic (exact) mass is 229 g/mol. The molecule has 5 heteroatoms. The quantitative estimate of drug-likeness (QED) is 0.750. The van der Waals surface area contributed by atoms with Crippen LogP contribution in [0, 0.1) is 5.41 Å². The van der Waals surface area contributed by atoms with E-state index in [0.29, 0.717) is 19.4 Å². The Morgan fingerprint density at radius 2 is 2.06 bits per heavy atom. The largest absolute Gasteiger partial charge is 0.479 e. The standard InChI is InChI=1S/C11H19NO4/c1-10(2,3)6-8(13)12-11(9(14)15)4-5-16-7-11/h4-7H2,1-3H3,(H,12,13)(H,14,15). The van der Waals surface area contributed by atoms with Gasteiger partial charge in [0.15, 0.2) is 5.54 Å². The Kier molecular flexibility index (Phi) is 3.57. The number of nitrogens with one attached hydrogen (secondary N) is 1. The second-order valence-electron chi connectivity index (χ2n) is 5.48. The van der Waals surface area contributed by atoms with Crippen molar-refractivity contribution in [1.82, 2.24) is 5.32 Å². The van der Waals surface area contributed by atoms with Crippen LogP contribution in [0.25, 0.3) is 0 Å². The summed E-state index contributed by atoms with van der Waals surface area (Å²) >= 11 is 0. The topological polar surface area (TPSA) is 75.6 Å². The fourth-order valence-corrected chi connectivity index (χ4v) is 1.68. The summed E-state index contributed by atoms with van der Waals surface area (Å²) in [5.74, 6) is -1.26. The summed E-state index contributed by atoms with van der Waals surface area (Å²) in [7, 11) is 0. The zero-order chi connectivity index (χ0) is 12.4. The van der Waals surface area contributed by atoms with E-state index < -0.39 is 11.5 Å². The molecule has 0 bridgehead atoms. The Hall–Kier alpha value is -1.10. The number of carbonyl (C=O) groups excluding carboxylic acids is 1. The number of hydrogen-bond acceptors (Lipinski definition) is 3. The van der Waals surface area contributed by atoms with Gasteiger partial charge in [0.05, 0.1) is 6.61 Å². The first-order chi connectivity index (χ1) is 7.25. The molecule has 0 aromatic rings. The minimum Gasteiger partial charge on any atom is -0.479 e. The third kappa shape index (κ3) is 3.20. The molecule has 1 saturated heterocycles. The van der Waals surface area contributed by atoms with Gasteiger partial charge in [0.2, 0.25) is 5.91 Å². The van der Waals surface area contributed by atoms with Crippen LogP contribution in [0.15, 0.2) is 0 Å². The molecule has 1 amide bonds. The number of amides is 1. The lowest BCUT2D eigenvalue weighted by Crippen LogP contribution is -2.55. The highest BCUT2D eigenvalue weighted by molar-refractivity contribution is 5.87. The first-order valence-electron chi connectivity index (χ1n) is 5.37. The van der Waals surface area contributed by atoms with E-state index in [-0.39, 0.29) is 17.9 Å². The van der Waals surface area contributed by atoms with E-state index in [0.717, 1.165) is 0 Å². The first kappa shape index (κ1) is 13.0. The summed E-state index contributed by atoms with van der Waals surface area (Å²) in [4.78, 5) is 22.8. The van der Waals surface area contributed by atoms with Crippen molar-refractivity contribution in [3.8, 4) is 0 Å². The number of ether oxygens (including phenoxy) is 1. The molecule has 0 radical (unpaired) electrons. The molecule has 1 rings (SSSR count). The van der Waals surface area contributed by atoms with Gasteiger partial charge in [-0.3, -0.25) is 4.79 Å². The zero-order valence-corrected chi connectivity index (χ0v) is 10.0. The predicted octanol–water partition coefficient (Wildman–Crippen LogP) is 0.782. The normalized spacial score (nSPS) is 25.4. The molecule has 1 aliphatic heterocycles. The van der Waals surface area contributed by atoms with Crippen LogP contribution in [0.2, 0.25) is 0 Å². The van der Waals surface area contributed by atoms with Crippen LogP contribution in [-0.2, 0) is 14.3 Å². The van der Waals surface area contributed by atoms with Gasteiger partial charge in [-0.05, 0) is 5.41 Å². The third-order valence-corrected chi connectivity index (χ3v) is 2.50. The molecular formula is C11H19NO4. The third-order valence-electron chi connectivity index (χ3n) is 2.50. The smallest absolute Gasteiger partial charge is 0.331 e.